The van der Waals surface area contributed by atoms with E-state index in [4.69, 9.17) is 9.47 Å². The molecule has 1 saturated heterocycles. The van der Waals surface area contributed by atoms with Crippen LogP contribution in [-0.2, 0) is 4.79 Å². The van der Waals surface area contributed by atoms with Crippen molar-refractivity contribution >= 4 is 55.7 Å². The number of rotatable bonds is 7. The highest BCUT2D eigenvalue weighted by molar-refractivity contribution is 9.10. The average molecular weight is 578 g/mol. The molecule has 1 aliphatic rings. The first-order chi connectivity index (χ1) is 17.9. The number of benzene rings is 3. The minimum atomic E-state index is -0.308. The van der Waals surface area contributed by atoms with E-state index in [1.807, 2.05) is 50.3 Å². The molecular weight excluding hydrogens is 552 g/mol. The number of methoxy groups -OCH3 is 1. The Morgan fingerprint density at radius 2 is 1.65 bits per heavy atom. The summed E-state index contributed by atoms with van der Waals surface area (Å²) >= 11 is 4.61. The second-order valence-electron chi connectivity index (χ2n) is 8.61. The molecule has 4 aromatic rings. The van der Waals surface area contributed by atoms with E-state index in [1.165, 1.54) is 4.90 Å². The normalized spacial score (nSPS) is 14.7. The topological polar surface area (TPSA) is 60.8 Å². The number of para-hydroxylation sites is 2. The van der Waals surface area contributed by atoms with Gasteiger partial charge in [0.05, 0.1) is 24.2 Å². The van der Waals surface area contributed by atoms with Gasteiger partial charge in [-0.05, 0) is 73.0 Å². The minimum Gasteiger partial charge on any atom is -0.493 e. The van der Waals surface area contributed by atoms with Crippen molar-refractivity contribution in [1.82, 2.24) is 9.47 Å². The zero-order chi connectivity index (χ0) is 26.1. The van der Waals surface area contributed by atoms with Crippen molar-refractivity contribution in [2.75, 3.05) is 20.3 Å². The van der Waals surface area contributed by atoms with E-state index in [1.54, 1.807) is 19.2 Å². The second kappa shape index (κ2) is 10.5. The lowest BCUT2D eigenvalue weighted by Crippen LogP contribution is -2.32. The average Bonchev–Trinajstić information content (AvgIpc) is 3.33. The van der Waals surface area contributed by atoms with Gasteiger partial charge in [0, 0.05) is 21.2 Å². The fourth-order valence-corrected chi connectivity index (χ4v) is 5.90. The van der Waals surface area contributed by atoms with Crippen LogP contribution in [-0.4, -0.2) is 40.9 Å². The van der Waals surface area contributed by atoms with Crippen LogP contribution in [0.2, 0.25) is 0 Å². The van der Waals surface area contributed by atoms with Crippen molar-refractivity contribution in [3.05, 3.63) is 93.1 Å². The van der Waals surface area contributed by atoms with Crippen LogP contribution < -0.4 is 9.47 Å². The van der Waals surface area contributed by atoms with Crippen LogP contribution in [0.5, 0.6) is 11.5 Å². The van der Waals surface area contributed by atoms with E-state index in [2.05, 4.69) is 44.8 Å². The highest BCUT2D eigenvalue weighted by atomic mass is 79.9. The van der Waals surface area contributed by atoms with Gasteiger partial charge in [0.2, 0.25) is 0 Å². The summed E-state index contributed by atoms with van der Waals surface area (Å²) < 4.78 is 14.3. The van der Waals surface area contributed by atoms with Crippen molar-refractivity contribution in [1.29, 1.82) is 0 Å². The van der Waals surface area contributed by atoms with Crippen molar-refractivity contribution in [2.45, 2.75) is 13.8 Å². The summed E-state index contributed by atoms with van der Waals surface area (Å²) in [6.07, 6.45) is 1.81. The maximum absolute atomic E-state index is 13.1. The van der Waals surface area contributed by atoms with Gasteiger partial charge in [0.25, 0.3) is 11.1 Å². The molecule has 2 amide bonds. The third kappa shape index (κ3) is 4.79. The molecule has 0 spiro atoms. The summed E-state index contributed by atoms with van der Waals surface area (Å²) in [7, 11) is 1.57. The quantitative estimate of drug-likeness (QED) is 0.219. The highest BCUT2D eigenvalue weighted by Crippen LogP contribution is 2.36. The van der Waals surface area contributed by atoms with E-state index in [9.17, 15) is 9.59 Å². The first-order valence-corrected chi connectivity index (χ1v) is 13.4. The zero-order valence-corrected chi connectivity index (χ0v) is 23.1. The fourth-order valence-electron chi connectivity index (χ4n) is 4.56. The standard InChI is InChI=1S/C29H25BrN2O4S/c1-18-16-20(19(2)32(18)24-13-12-23(30)21-8-4-5-9-22(21)24)17-27-28(33)31(29(34)37-27)14-15-36-26-11-7-6-10-25(26)35-3/h4-13,16-17H,14-15H2,1-3H3/b27-17-. The Kier molecular flexibility index (Phi) is 7.13. The maximum Gasteiger partial charge on any atom is 0.293 e. The van der Waals surface area contributed by atoms with Crippen molar-refractivity contribution in [3.63, 3.8) is 0 Å². The molecule has 0 saturated carbocycles. The van der Waals surface area contributed by atoms with E-state index in [0.717, 1.165) is 49.6 Å². The molecule has 1 aliphatic heterocycles. The summed E-state index contributed by atoms with van der Waals surface area (Å²) in [5.74, 6) is 0.864. The van der Waals surface area contributed by atoms with E-state index in [-0.39, 0.29) is 24.3 Å². The molecule has 5 rings (SSSR count). The lowest BCUT2D eigenvalue weighted by molar-refractivity contribution is -0.123. The Labute approximate surface area is 228 Å². The van der Waals surface area contributed by atoms with Gasteiger partial charge in [-0.25, -0.2) is 0 Å². The molecule has 0 radical (unpaired) electrons. The number of fused-ring (bicyclic) bond motifs is 1. The number of nitrogens with zero attached hydrogens (tertiary/aromatic N) is 2. The highest BCUT2D eigenvalue weighted by Gasteiger charge is 2.35. The number of aryl methyl sites for hydroxylation is 1. The molecule has 3 aromatic carbocycles. The van der Waals surface area contributed by atoms with Gasteiger partial charge in [-0.3, -0.25) is 14.5 Å². The second-order valence-corrected chi connectivity index (χ2v) is 10.5. The van der Waals surface area contributed by atoms with Crippen LogP contribution >= 0.6 is 27.7 Å². The Balaban J connectivity index is 1.38. The summed E-state index contributed by atoms with van der Waals surface area (Å²) in [5, 5.41) is 1.96. The fraction of sp³-hybridized carbons (Fsp3) is 0.172. The maximum atomic E-state index is 13.1. The number of hydrogen-bond acceptors (Lipinski definition) is 5. The van der Waals surface area contributed by atoms with Crippen LogP contribution in [0.1, 0.15) is 17.0 Å². The monoisotopic (exact) mass is 576 g/mol. The van der Waals surface area contributed by atoms with Crippen molar-refractivity contribution in [3.8, 4) is 17.2 Å². The third-order valence-corrected chi connectivity index (χ3v) is 7.96. The van der Waals surface area contributed by atoms with Crippen molar-refractivity contribution in [2.24, 2.45) is 0 Å². The van der Waals surface area contributed by atoms with Gasteiger partial charge in [-0.2, -0.15) is 0 Å². The Morgan fingerprint density at radius 1 is 0.946 bits per heavy atom. The summed E-state index contributed by atoms with van der Waals surface area (Å²) in [4.78, 5) is 27.4. The number of amides is 2. The third-order valence-electron chi connectivity index (χ3n) is 6.36. The number of carbonyl (C=O) groups excluding carboxylic acids is 2. The van der Waals surface area contributed by atoms with Crippen molar-refractivity contribution < 1.29 is 19.1 Å². The minimum absolute atomic E-state index is 0.157. The molecule has 0 aliphatic carbocycles. The number of imide groups is 1. The Morgan fingerprint density at radius 3 is 2.41 bits per heavy atom. The van der Waals surface area contributed by atoms with Crippen LogP contribution in [0.25, 0.3) is 22.5 Å². The molecule has 6 nitrogen and oxygen atoms in total. The largest absolute Gasteiger partial charge is 0.493 e. The summed E-state index contributed by atoms with van der Waals surface area (Å²) in [6.45, 7) is 4.41. The number of carbonyl (C=O) groups is 2. The molecule has 1 aromatic heterocycles. The number of aromatic nitrogens is 1. The lowest BCUT2D eigenvalue weighted by atomic mass is 10.1. The number of hydrogen-bond donors (Lipinski definition) is 0. The van der Waals surface area contributed by atoms with Gasteiger partial charge in [0.15, 0.2) is 11.5 Å². The predicted molar refractivity (Wildman–Crippen MR) is 152 cm³/mol. The number of halogens is 1. The molecule has 188 valence electrons. The summed E-state index contributed by atoms with van der Waals surface area (Å²) in [6, 6.07) is 21.7. The molecule has 8 heteroatoms. The molecule has 0 unspecified atom stereocenters. The van der Waals surface area contributed by atoms with Crippen LogP contribution in [0.3, 0.4) is 0 Å². The van der Waals surface area contributed by atoms with E-state index in [0.29, 0.717) is 16.4 Å². The summed E-state index contributed by atoms with van der Waals surface area (Å²) in [5.41, 5.74) is 4.01. The zero-order valence-electron chi connectivity index (χ0n) is 20.7. The van der Waals surface area contributed by atoms with Gasteiger partial charge in [-0.15, -0.1) is 0 Å². The van der Waals surface area contributed by atoms with E-state index >= 15 is 0 Å². The molecule has 0 bridgehead atoms. The Hall–Kier alpha value is -3.49. The molecule has 1 fully saturated rings. The molecule has 2 heterocycles. The van der Waals surface area contributed by atoms with Gasteiger partial charge in [0.1, 0.15) is 6.61 Å². The van der Waals surface area contributed by atoms with Gasteiger partial charge < -0.3 is 14.0 Å². The smallest absolute Gasteiger partial charge is 0.293 e. The van der Waals surface area contributed by atoms with Crippen LogP contribution in [0, 0.1) is 13.8 Å². The van der Waals surface area contributed by atoms with Crippen LogP contribution in [0.15, 0.2) is 76.1 Å². The number of thioether (sulfide) groups is 1. The Bertz CT molecular complexity index is 1560. The van der Waals surface area contributed by atoms with Gasteiger partial charge >= 0.3 is 0 Å². The first-order valence-electron chi connectivity index (χ1n) is 11.8. The molecule has 37 heavy (non-hydrogen) atoms. The molecule has 0 atom stereocenters. The molecule has 0 N–H and O–H groups in total. The SMILES string of the molecule is COc1ccccc1OCCN1C(=O)S/C(=C\c2cc(C)n(-c3ccc(Br)c4ccccc34)c2C)C1=O. The van der Waals surface area contributed by atoms with E-state index < -0.39 is 0 Å². The predicted octanol–water partition coefficient (Wildman–Crippen LogP) is 7.13. The van der Waals surface area contributed by atoms with Crippen LogP contribution in [0.4, 0.5) is 4.79 Å². The van der Waals surface area contributed by atoms with Gasteiger partial charge in [-0.1, -0.05) is 52.3 Å². The number of ether oxygens (including phenoxy) is 2. The first kappa shape index (κ1) is 25.2. The lowest BCUT2D eigenvalue weighted by Gasteiger charge is -2.14. The molecular formula is C29H25BrN2O4S.